The molecule has 1 fully saturated rings. The molecule has 0 saturated heterocycles. The lowest BCUT2D eigenvalue weighted by Crippen LogP contribution is -2.28. The molecule has 1 unspecified atom stereocenters. The van der Waals surface area contributed by atoms with Gasteiger partial charge in [-0.3, -0.25) is 4.79 Å². The van der Waals surface area contributed by atoms with Crippen molar-refractivity contribution in [1.29, 1.82) is 0 Å². The zero-order valence-electron chi connectivity index (χ0n) is 11.6. The fraction of sp³-hybridized carbons (Fsp3) is 0.438. The van der Waals surface area contributed by atoms with E-state index in [2.05, 4.69) is 31.0 Å². The Morgan fingerprint density at radius 1 is 1.53 bits per heavy atom. The first kappa shape index (κ1) is 13.6. The van der Waals surface area contributed by atoms with Gasteiger partial charge in [0, 0.05) is 17.2 Å². The number of hydrogen-bond donors (Lipinski definition) is 2. The third kappa shape index (κ3) is 3.15. The van der Waals surface area contributed by atoms with Crippen LogP contribution in [-0.2, 0) is 0 Å². The van der Waals surface area contributed by atoms with Crippen LogP contribution in [0.5, 0.6) is 0 Å². The molecule has 1 atom stereocenters. The average molecular weight is 257 g/mol. The molecular formula is C16H19NO2. The first-order chi connectivity index (χ1) is 8.94. The van der Waals surface area contributed by atoms with Crippen molar-refractivity contribution in [3.63, 3.8) is 0 Å². The van der Waals surface area contributed by atoms with Crippen LogP contribution in [0.15, 0.2) is 18.2 Å². The molecule has 19 heavy (non-hydrogen) atoms. The number of amides is 1. The molecule has 2 rings (SSSR count). The Morgan fingerprint density at radius 2 is 2.21 bits per heavy atom. The molecule has 0 spiro atoms. The monoisotopic (exact) mass is 257 g/mol. The number of aryl methyl sites for hydroxylation is 1. The van der Waals surface area contributed by atoms with Gasteiger partial charge in [-0.05, 0) is 42.5 Å². The van der Waals surface area contributed by atoms with E-state index >= 15 is 0 Å². The van der Waals surface area contributed by atoms with Crippen LogP contribution in [0.1, 0.15) is 41.8 Å². The van der Waals surface area contributed by atoms with Crippen molar-refractivity contribution in [2.75, 3.05) is 6.61 Å². The van der Waals surface area contributed by atoms with Crippen molar-refractivity contribution < 1.29 is 9.90 Å². The van der Waals surface area contributed by atoms with Gasteiger partial charge in [0.15, 0.2) is 0 Å². The quantitative estimate of drug-likeness (QED) is 0.795. The standard InChI is InChI=1S/C16H19NO2/c1-11-9-13(7-6-12(11)5-4-8-18)15(19)17-14-10-16(14,2)3/h6-7,9,14,18H,8,10H2,1-3H3,(H,17,19). The van der Waals surface area contributed by atoms with Crippen molar-refractivity contribution in [1.82, 2.24) is 5.32 Å². The lowest BCUT2D eigenvalue weighted by atomic mass is 10.0. The van der Waals surface area contributed by atoms with E-state index in [1.165, 1.54) is 0 Å². The van der Waals surface area contributed by atoms with E-state index in [1.54, 1.807) is 6.07 Å². The predicted molar refractivity (Wildman–Crippen MR) is 74.8 cm³/mol. The molecule has 1 aliphatic carbocycles. The molecule has 2 N–H and O–H groups in total. The molecule has 1 aromatic rings. The summed E-state index contributed by atoms with van der Waals surface area (Å²) in [4.78, 5) is 12.1. The van der Waals surface area contributed by atoms with Crippen molar-refractivity contribution in [3.8, 4) is 11.8 Å². The summed E-state index contributed by atoms with van der Waals surface area (Å²) in [7, 11) is 0. The number of carbonyl (C=O) groups excluding carboxylic acids is 1. The van der Waals surface area contributed by atoms with Gasteiger partial charge in [0.25, 0.3) is 5.91 Å². The number of nitrogens with one attached hydrogen (secondary N) is 1. The minimum absolute atomic E-state index is 0.0275. The third-order valence-electron chi connectivity index (χ3n) is 3.61. The summed E-state index contributed by atoms with van der Waals surface area (Å²) < 4.78 is 0. The minimum Gasteiger partial charge on any atom is -0.384 e. The van der Waals surface area contributed by atoms with Crippen LogP contribution >= 0.6 is 0 Å². The maximum atomic E-state index is 12.1. The summed E-state index contributed by atoms with van der Waals surface area (Å²) in [6.45, 7) is 6.06. The molecule has 3 heteroatoms. The van der Waals surface area contributed by atoms with Gasteiger partial charge < -0.3 is 10.4 Å². The van der Waals surface area contributed by atoms with Gasteiger partial charge in [0.05, 0.1) is 0 Å². The van der Waals surface area contributed by atoms with Crippen LogP contribution in [0.2, 0.25) is 0 Å². The molecule has 0 radical (unpaired) electrons. The Morgan fingerprint density at radius 3 is 2.74 bits per heavy atom. The van der Waals surface area contributed by atoms with Crippen LogP contribution in [0, 0.1) is 24.2 Å². The molecule has 0 bridgehead atoms. The fourth-order valence-corrected chi connectivity index (χ4v) is 2.04. The molecule has 100 valence electrons. The van der Waals surface area contributed by atoms with Crippen LogP contribution in [0.3, 0.4) is 0 Å². The Balaban J connectivity index is 2.09. The topological polar surface area (TPSA) is 49.3 Å². The Bertz CT molecular complexity index is 564. The van der Waals surface area contributed by atoms with Gasteiger partial charge >= 0.3 is 0 Å². The molecule has 0 aromatic heterocycles. The minimum atomic E-state index is -0.154. The van der Waals surface area contributed by atoms with E-state index in [0.29, 0.717) is 5.56 Å². The summed E-state index contributed by atoms with van der Waals surface area (Å²) in [6, 6.07) is 5.73. The van der Waals surface area contributed by atoms with Crippen molar-refractivity contribution in [3.05, 3.63) is 34.9 Å². The fourth-order valence-electron chi connectivity index (χ4n) is 2.04. The zero-order chi connectivity index (χ0) is 14.0. The normalized spacial score (nSPS) is 19.3. The maximum Gasteiger partial charge on any atom is 0.251 e. The zero-order valence-corrected chi connectivity index (χ0v) is 11.6. The van der Waals surface area contributed by atoms with E-state index in [9.17, 15) is 4.79 Å². The second-order valence-electron chi connectivity index (χ2n) is 5.71. The van der Waals surface area contributed by atoms with Crippen LogP contribution in [0.25, 0.3) is 0 Å². The van der Waals surface area contributed by atoms with E-state index in [4.69, 9.17) is 5.11 Å². The van der Waals surface area contributed by atoms with Crippen molar-refractivity contribution >= 4 is 5.91 Å². The average Bonchev–Trinajstić information content (AvgIpc) is 2.94. The molecule has 1 aliphatic rings. The summed E-state index contributed by atoms with van der Waals surface area (Å²) in [5.41, 5.74) is 2.69. The van der Waals surface area contributed by atoms with Gasteiger partial charge in [-0.1, -0.05) is 25.7 Å². The molecule has 0 heterocycles. The van der Waals surface area contributed by atoms with Crippen molar-refractivity contribution in [2.45, 2.75) is 33.2 Å². The van der Waals surface area contributed by atoms with Gasteiger partial charge in [-0.2, -0.15) is 0 Å². The lowest BCUT2D eigenvalue weighted by molar-refractivity contribution is 0.0946. The van der Waals surface area contributed by atoms with E-state index in [-0.39, 0.29) is 24.0 Å². The van der Waals surface area contributed by atoms with Gasteiger partial charge in [-0.15, -0.1) is 0 Å². The number of benzene rings is 1. The number of hydrogen-bond acceptors (Lipinski definition) is 2. The second kappa shape index (κ2) is 5.07. The highest BCUT2D eigenvalue weighted by Crippen LogP contribution is 2.44. The predicted octanol–water partition coefficient (Wildman–Crippen LogP) is 1.87. The summed E-state index contributed by atoms with van der Waals surface area (Å²) in [6.07, 6.45) is 1.04. The van der Waals surface area contributed by atoms with E-state index in [1.807, 2.05) is 19.1 Å². The van der Waals surface area contributed by atoms with Crippen molar-refractivity contribution in [2.24, 2.45) is 5.41 Å². The Hall–Kier alpha value is -1.79. The van der Waals surface area contributed by atoms with Gasteiger partial charge in [-0.25, -0.2) is 0 Å². The lowest BCUT2D eigenvalue weighted by Gasteiger charge is -2.08. The maximum absolute atomic E-state index is 12.1. The molecule has 0 aliphatic heterocycles. The van der Waals surface area contributed by atoms with E-state index in [0.717, 1.165) is 17.5 Å². The summed E-state index contributed by atoms with van der Waals surface area (Å²) in [5.74, 6) is 5.45. The number of rotatable bonds is 2. The van der Waals surface area contributed by atoms with Crippen LogP contribution < -0.4 is 5.32 Å². The van der Waals surface area contributed by atoms with Gasteiger partial charge in [0.2, 0.25) is 0 Å². The van der Waals surface area contributed by atoms with Crippen LogP contribution in [0.4, 0.5) is 0 Å². The number of aliphatic hydroxyl groups is 1. The SMILES string of the molecule is Cc1cc(C(=O)NC2CC2(C)C)ccc1C#CCO. The highest BCUT2D eigenvalue weighted by Gasteiger charge is 2.46. The number of aliphatic hydroxyl groups excluding tert-OH is 1. The third-order valence-corrected chi connectivity index (χ3v) is 3.61. The Kier molecular flexibility index (Phi) is 3.64. The van der Waals surface area contributed by atoms with Crippen LogP contribution in [-0.4, -0.2) is 23.7 Å². The largest absolute Gasteiger partial charge is 0.384 e. The first-order valence-electron chi connectivity index (χ1n) is 6.45. The van der Waals surface area contributed by atoms with Gasteiger partial charge in [0.1, 0.15) is 6.61 Å². The van der Waals surface area contributed by atoms with E-state index < -0.39 is 0 Å². The highest BCUT2D eigenvalue weighted by atomic mass is 16.2. The number of carbonyl (C=O) groups is 1. The molecule has 1 saturated carbocycles. The Labute approximate surface area is 114 Å². The molecular weight excluding hydrogens is 238 g/mol. The smallest absolute Gasteiger partial charge is 0.251 e. The summed E-state index contributed by atoms with van der Waals surface area (Å²) in [5, 5.41) is 11.7. The summed E-state index contributed by atoms with van der Waals surface area (Å²) >= 11 is 0. The molecule has 1 aromatic carbocycles. The first-order valence-corrected chi connectivity index (χ1v) is 6.45. The second-order valence-corrected chi connectivity index (χ2v) is 5.71. The molecule has 3 nitrogen and oxygen atoms in total. The highest BCUT2D eigenvalue weighted by molar-refractivity contribution is 5.95. The molecule has 1 amide bonds.